The lowest BCUT2D eigenvalue weighted by Crippen LogP contribution is -2.36. The van der Waals surface area contributed by atoms with Crippen molar-refractivity contribution in [3.8, 4) is 0 Å². The highest BCUT2D eigenvalue weighted by molar-refractivity contribution is 5.93. The predicted molar refractivity (Wildman–Crippen MR) is 68.2 cm³/mol. The van der Waals surface area contributed by atoms with Crippen LogP contribution in [0.25, 0.3) is 0 Å². The van der Waals surface area contributed by atoms with Gasteiger partial charge >= 0.3 is 6.03 Å². The molecule has 0 aliphatic carbocycles. The predicted octanol–water partition coefficient (Wildman–Crippen LogP) is 0.489. The van der Waals surface area contributed by atoms with Crippen LogP contribution in [0.15, 0.2) is 10.6 Å². The Labute approximate surface area is 111 Å². The summed E-state index contributed by atoms with van der Waals surface area (Å²) in [7, 11) is 1.62. The molecular formula is C12H19N3O4. The largest absolute Gasteiger partial charge is 0.394 e. The number of rotatable bonds is 5. The van der Waals surface area contributed by atoms with Crippen molar-refractivity contribution in [1.29, 1.82) is 0 Å². The van der Waals surface area contributed by atoms with Gasteiger partial charge in [0, 0.05) is 25.1 Å². The van der Waals surface area contributed by atoms with Crippen LogP contribution in [0.3, 0.4) is 0 Å². The van der Waals surface area contributed by atoms with Crippen LogP contribution < -0.4 is 10.2 Å². The van der Waals surface area contributed by atoms with Crippen LogP contribution in [0.5, 0.6) is 0 Å². The summed E-state index contributed by atoms with van der Waals surface area (Å²) >= 11 is 0. The van der Waals surface area contributed by atoms with E-state index in [-0.39, 0.29) is 24.1 Å². The van der Waals surface area contributed by atoms with Gasteiger partial charge in [0.1, 0.15) is 0 Å². The minimum atomic E-state index is -0.321. The van der Waals surface area contributed by atoms with Crippen molar-refractivity contribution < 1.29 is 19.2 Å². The van der Waals surface area contributed by atoms with E-state index in [1.54, 1.807) is 13.2 Å². The van der Waals surface area contributed by atoms with Gasteiger partial charge in [0.05, 0.1) is 24.9 Å². The molecular weight excluding hydrogens is 250 g/mol. The second-order valence-electron chi connectivity index (χ2n) is 5.26. The fourth-order valence-electron chi connectivity index (χ4n) is 2.11. The molecule has 2 N–H and O–H groups in total. The molecule has 1 aromatic heterocycles. The third kappa shape index (κ3) is 2.57. The number of hydrogen-bond acceptors (Lipinski definition) is 5. The van der Waals surface area contributed by atoms with Gasteiger partial charge in [-0.05, 0) is 0 Å². The van der Waals surface area contributed by atoms with E-state index in [1.165, 1.54) is 4.90 Å². The summed E-state index contributed by atoms with van der Waals surface area (Å²) in [4.78, 5) is 13.1. The number of aromatic nitrogens is 1. The molecule has 1 aromatic rings. The first-order chi connectivity index (χ1) is 8.99. The van der Waals surface area contributed by atoms with Crippen molar-refractivity contribution in [3.05, 3.63) is 11.8 Å². The van der Waals surface area contributed by atoms with Gasteiger partial charge in [-0.1, -0.05) is 19.0 Å². The molecule has 0 bridgehead atoms. The van der Waals surface area contributed by atoms with Crippen molar-refractivity contribution >= 4 is 11.9 Å². The molecule has 1 aliphatic heterocycles. The van der Waals surface area contributed by atoms with Gasteiger partial charge in [0.15, 0.2) is 0 Å². The number of aliphatic hydroxyl groups is 1. The van der Waals surface area contributed by atoms with E-state index in [2.05, 4.69) is 10.5 Å². The molecule has 1 saturated heterocycles. The molecule has 7 nitrogen and oxygen atoms in total. The van der Waals surface area contributed by atoms with Gasteiger partial charge in [-0.3, -0.25) is 4.90 Å². The Morgan fingerprint density at radius 3 is 3.05 bits per heavy atom. The molecule has 2 rings (SSSR count). The second kappa shape index (κ2) is 5.18. The number of anilines is 1. The molecule has 1 aliphatic rings. The zero-order valence-electron chi connectivity index (χ0n) is 11.3. The lowest BCUT2D eigenvalue weighted by atomic mass is 9.90. The molecule has 1 atom stereocenters. The summed E-state index contributed by atoms with van der Waals surface area (Å²) in [5, 5.41) is 15.9. The van der Waals surface area contributed by atoms with Gasteiger partial charge in [-0.2, -0.15) is 0 Å². The molecule has 0 aromatic carbocycles. The number of nitrogens with one attached hydrogen (secondary N) is 1. The zero-order valence-corrected chi connectivity index (χ0v) is 11.3. The summed E-state index contributed by atoms with van der Waals surface area (Å²) < 4.78 is 10.4. The number of carbonyl (C=O) groups is 1. The van der Waals surface area contributed by atoms with Crippen LogP contribution in [0.1, 0.15) is 19.5 Å². The SMILES string of the molecule is COCC(C)(C)c1cc(N2C(=O)NCC2CO)on1. The lowest BCUT2D eigenvalue weighted by Gasteiger charge is -2.20. The summed E-state index contributed by atoms with van der Waals surface area (Å²) in [6.45, 7) is 4.72. The quantitative estimate of drug-likeness (QED) is 0.812. The smallest absolute Gasteiger partial charge is 0.324 e. The number of aliphatic hydroxyl groups excluding tert-OH is 1. The fourth-order valence-corrected chi connectivity index (χ4v) is 2.11. The molecule has 2 amide bonds. The van der Waals surface area contributed by atoms with Crippen molar-refractivity contribution in [2.75, 3.05) is 31.8 Å². The van der Waals surface area contributed by atoms with Crippen LogP contribution in [-0.4, -0.2) is 49.2 Å². The Balaban J connectivity index is 2.23. The number of urea groups is 1. The van der Waals surface area contributed by atoms with E-state index in [9.17, 15) is 9.90 Å². The molecule has 1 unspecified atom stereocenters. The van der Waals surface area contributed by atoms with Crippen LogP contribution in [0.4, 0.5) is 10.7 Å². The maximum absolute atomic E-state index is 11.7. The van der Waals surface area contributed by atoms with Crippen molar-refractivity contribution in [2.24, 2.45) is 0 Å². The number of carbonyl (C=O) groups excluding carboxylic acids is 1. The average Bonchev–Trinajstić information content (AvgIpc) is 2.95. The maximum Gasteiger partial charge on any atom is 0.324 e. The van der Waals surface area contributed by atoms with Gasteiger partial charge in [-0.25, -0.2) is 4.79 Å². The Morgan fingerprint density at radius 1 is 1.68 bits per heavy atom. The Kier molecular flexibility index (Phi) is 3.77. The second-order valence-corrected chi connectivity index (χ2v) is 5.26. The molecule has 1 fully saturated rings. The van der Waals surface area contributed by atoms with Crippen LogP contribution in [0, 0.1) is 0 Å². The van der Waals surface area contributed by atoms with E-state index in [0.717, 1.165) is 0 Å². The van der Waals surface area contributed by atoms with E-state index >= 15 is 0 Å². The minimum Gasteiger partial charge on any atom is -0.394 e. The van der Waals surface area contributed by atoms with Gasteiger partial charge in [-0.15, -0.1) is 0 Å². The highest BCUT2D eigenvalue weighted by Crippen LogP contribution is 2.28. The number of amides is 2. The van der Waals surface area contributed by atoms with Crippen LogP contribution in [-0.2, 0) is 10.2 Å². The Hall–Kier alpha value is -1.60. The standard InChI is InChI=1S/C12H19N3O4/c1-12(2,7-18-3)9-4-10(19-14-9)15-8(6-16)5-13-11(15)17/h4,8,16H,5-7H2,1-3H3,(H,13,17). The third-order valence-electron chi connectivity index (χ3n) is 3.22. The average molecular weight is 269 g/mol. The minimum absolute atomic E-state index is 0.129. The third-order valence-corrected chi connectivity index (χ3v) is 3.22. The highest BCUT2D eigenvalue weighted by atomic mass is 16.5. The molecule has 0 saturated carbocycles. The molecule has 7 heteroatoms. The zero-order chi connectivity index (χ0) is 14.0. The number of nitrogens with zero attached hydrogens (tertiary/aromatic N) is 2. The normalized spacial score (nSPS) is 19.9. The Morgan fingerprint density at radius 2 is 2.42 bits per heavy atom. The molecule has 19 heavy (non-hydrogen) atoms. The van der Waals surface area contributed by atoms with E-state index < -0.39 is 0 Å². The van der Waals surface area contributed by atoms with Crippen molar-refractivity contribution in [1.82, 2.24) is 10.5 Å². The molecule has 2 heterocycles. The van der Waals surface area contributed by atoms with Gasteiger partial charge < -0.3 is 19.7 Å². The number of ether oxygens (including phenoxy) is 1. The van der Waals surface area contributed by atoms with E-state index in [1.807, 2.05) is 13.8 Å². The maximum atomic E-state index is 11.7. The summed E-state index contributed by atoms with van der Waals surface area (Å²) in [5.41, 5.74) is 0.405. The molecule has 0 spiro atoms. The first-order valence-electron chi connectivity index (χ1n) is 6.13. The topological polar surface area (TPSA) is 87.8 Å². The monoisotopic (exact) mass is 269 g/mol. The molecule has 106 valence electrons. The van der Waals surface area contributed by atoms with Gasteiger partial charge in [0.25, 0.3) is 0 Å². The summed E-state index contributed by atoms with van der Waals surface area (Å²) in [6, 6.07) is 1.11. The van der Waals surface area contributed by atoms with Crippen LogP contribution >= 0.6 is 0 Å². The van der Waals surface area contributed by atoms with E-state index in [0.29, 0.717) is 24.7 Å². The van der Waals surface area contributed by atoms with Crippen molar-refractivity contribution in [3.63, 3.8) is 0 Å². The van der Waals surface area contributed by atoms with Crippen LogP contribution in [0.2, 0.25) is 0 Å². The number of hydrogen-bond donors (Lipinski definition) is 2. The number of methoxy groups -OCH3 is 1. The summed E-state index contributed by atoms with van der Waals surface area (Å²) in [5.74, 6) is 0.341. The first kappa shape index (κ1) is 13.8. The lowest BCUT2D eigenvalue weighted by molar-refractivity contribution is 0.142. The molecule has 0 radical (unpaired) electrons. The summed E-state index contributed by atoms with van der Waals surface area (Å²) in [6.07, 6.45) is 0. The van der Waals surface area contributed by atoms with E-state index in [4.69, 9.17) is 9.26 Å². The van der Waals surface area contributed by atoms with Crippen molar-refractivity contribution in [2.45, 2.75) is 25.3 Å². The Bertz CT molecular complexity index is 458. The fraction of sp³-hybridized carbons (Fsp3) is 0.667. The van der Waals surface area contributed by atoms with Gasteiger partial charge in [0.2, 0.25) is 5.88 Å². The first-order valence-corrected chi connectivity index (χ1v) is 6.13. The highest BCUT2D eigenvalue weighted by Gasteiger charge is 2.35.